The molecule has 4 atom stereocenters. The van der Waals surface area contributed by atoms with E-state index in [1.807, 2.05) is 54.6 Å². The summed E-state index contributed by atoms with van der Waals surface area (Å²) >= 11 is 14.4. The standard InChI is InChI=1S/C49H50Cl2F2N6O8S/c1-57-34(28-63-35-9-5-8-33(20-35)44(31-6-3-2-4-7-31)55-49(62)67-43-26-58-16-14-30(43)15-17-58)22-39(56-57)45(60)59-18-19-68-46(59)47(61)65-41(23-36-37(50)24-54-25-38(36)51)32-12-13-40(66-48(52)53)42(21-32)64-27-29-10-11-29/h2-9,12-13,20-22,24-25,29-30,41,43-44,46,48H,10-11,14-19,23,26-28H2,1H3,(H,55,62)/p+1/t41-,43-,44-,46-/m0/s1. The SMILES string of the molecule is Cn1nc(C(=O)N2CCS[C@H]2C(=O)O[C@@H](Cc2c(Cl)c[nH+]cc2Cl)c2ccc(OC(F)F)c(OCC3CC3)c2)cc1COc1cccc([C@@H](NC(=O)O[C@H]2CN3CCC2CC3)c2ccccc2)c1. The number of aromatic nitrogens is 3. The van der Waals surface area contributed by atoms with Crippen molar-refractivity contribution in [1.82, 2.24) is 24.9 Å². The topological polar surface area (TPSA) is 148 Å². The van der Waals surface area contributed by atoms with E-state index < -0.39 is 42.1 Å². The van der Waals surface area contributed by atoms with Crippen molar-refractivity contribution in [3.05, 3.63) is 135 Å². The zero-order valence-electron chi connectivity index (χ0n) is 37.2. The number of hydrogen-bond acceptors (Lipinski definition) is 11. The number of thioether (sulfide) groups is 1. The molecule has 10 rings (SSSR count). The maximum atomic E-state index is 14.2. The monoisotopic (exact) mass is 991 g/mol. The summed E-state index contributed by atoms with van der Waals surface area (Å²) in [6, 6.07) is 22.6. The van der Waals surface area contributed by atoms with Crippen molar-refractivity contribution in [2.45, 2.75) is 68.9 Å². The van der Waals surface area contributed by atoms with Crippen molar-refractivity contribution in [1.29, 1.82) is 0 Å². The van der Waals surface area contributed by atoms with Gasteiger partial charge in [-0.3, -0.25) is 14.4 Å². The molecule has 5 aliphatic rings. The van der Waals surface area contributed by atoms with Crippen LogP contribution in [0.25, 0.3) is 0 Å². The molecule has 2 bridgehead atoms. The number of aryl methyl sites for hydroxylation is 1. The van der Waals surface area contributed by atoms with Gasteiger partial charge in [0.05, 0.1) is 18.3 Å². The molecule has 0 spiro atoms. The summed E-state index contributed by atoms with van der Waals surface area (Å²) in [7, 11) is 1.70. The van der Waals surface area contributed by atoms with Crippen molar-refractivity contribution in [2.24, 2.45) is 18.9 Å². The van der Waals surface area contributed by atoms with E-state index in [-0.39, 0.29) is 42.9 Å². The molecule has 4 saturated heterocycles. The minimum atomic E-state index is -3.08. The fraction of sp³-hybridized carbons (Fsp3) is 0.408. The third-order valence-corrected chi connectivity index (χ3v) is 14.6. The van der Waals surface area contributed by atoms with Gasteiger partial charge in [0.1, 0.15) is 34.6 Å². The number of fused-ring (bicyclic) bond motifs is 3. The Morgan fingerprint density at radius 3 is 2.37 bits per heavy atom. The van der Waals surface area contributed by atoms with Gasteiger partial charge in [0.2, 0.25) is 0 Å². The molecule has 0 unspecified atom stereocenters. The van der Waals surface area contributed by atoms with E-state index in [0.717, 1.165) is 56.4 Å². The van der Waals surface area contributed by atoms with E-state index in [1.165, 1.54) is 34.9 Å². The number of alkyl carbamates (subject to hydrolysis) is 1. The molecule has 1 aliphatic carbocycles. The number of carbonyl (C=O) groups is 3. The van der Waals surface area contributed by atoms with Gasteiger partial charge in [-0.1, -0.05) is 71.7 Å². The Morgan fingerprint density at radius 1 is 0.882 bits per heavy atom. The molecule has 5 aromatic rings. The minimum absolute atomic E-state index is 0.0166. The number of H-pyrrole nitrogens is 1. The second kappa shape index (κ2) is 21.3. The third-order valence-electron chi connectivity index (χ3n) is 12.7. The number of benzene rings is 3. The van der Waals surface area contributed by atoms with Gasteiger partial charge in [0, 0.05) is 37.9 Å². The van der Waals surface area contributed by atoms with Gasteiger partial charge in [0.15, 0.2) is 35.0 Å². The van der Waals surface area contributed by atoms with E-state index in [9.17, 15) is 23.2 Å². The number of hydrogen-bond donors (Lipinski definition) is 1. The molecular weight excluding hydrogens is 942 g/mol. The number of alkyl halides is 2. The van der Waals surface area contributed by atoms with Gasteiger partial charge in [-0.05, 0) is 97.6 Å². The lowest BCUT2D eigenvalue weighted by Gasteiger charge is -2.43. The molecule has 1 saturated carbocycles. The number of piperidine rings is 3. The first-order valence-electron chi connectivity index (χ1n) is 22.6. The summed E-state index contributed by atoms with van der Waals surface area (Å²) in [6.45, 7) is 0.381. The Kier molecular flexibility index (Phi) is 14.9. The Balaban J connectivity index is 0.879. The average Bonchev–Trinajstić information content (AvgIpc) is 3.90. The van der Waals surface area contributed by atoms with E-state index in [2.05, 4.69) is 20.3 Å². The van der Waals surface area contributed by atoms with E-state index in [1.54, 1.807) is 30.2 Å². The average molecular weight is 993 g/mol. The molecular formula is C49H51Cl2F2N6O8S+. The van der Waals surface area contributed by atoms with Crippen LogP contribution in [0.3, 0.4) is 0 Å². The number of halogens is 4. The number of nitrogens with one attached hydrogen (secondary N) is 2. The first-order valence-corrected chi connectivity index (χ1v) is 24.4. The molecule has 5 fully saturated rings. The number of esters is 1. The Morgan fingerprint density at radius 2 is 1.65 bits per heavy atom. The lowest BCUT2D eigenvalue weighted by atomic mass is 9.86. The second-order valence-corrected chi connectivity index (χ2v) is 19.4. The predicted molar refractivity (Wildman–Crippen MR) is 249 cm³/mol. The van der Waals surface area contributed by atoms with Gasteiger partial charge >= 0.3 is 18.7 Å². The molecule has 14 nitrogen and oxygen atoms in total. The quantitative estimate of drug-likeness (QED) is 0.0844. The molecule has 3 aromatic carbocycles. The van der Waals surface area contributed by atoms with E-state index in [4.69, 9.17) is 46.9 Å². The van der Waals surface area contributed by atoms with Gasteiger partial charge < -0.3 is 33.9 Å². The first kappa shape index (κ1) is 47.4. The third kappa shape index (κ3) is 11.4. The highest BCUT2D eigenvalue weighted by atomic mass is 35.5. The highest BCUT2D eigenvalue weighted by Crippen LogP contribution is 2.39. The number of amides is 2. The number of aromatic amines is 1. The fourth-order valence-corrected chi connectivity index (χ4v) is 10.5. The summed E-state index contributed by atoms with van der Waals surface area (Å²) in [6.07, 6.45) is 5.47. The van der Waals surface area contributed by atoms with Gasteiger partial charge in [-0.25, -0.2) is 14.6 Å². The summed E-state index contributed by atoms with van der Waals surface area (Å²) in [5.41, 5.74) is 3.27. The van der Waals surface area contributed by atoms with Crippen LogP contribution in [0.4, 0.5) is 13.6 Å². The van der Waals surface area contributed by atoms with Gasteiger partial charge in [0.25, 0.3) is 5.91 Å². The summed E-state index contributed by atoms with van der Waals surface area (Å²) in [4.78, 5) is 48.3. The van der Waals surface area contributed by atoms with Crippen LogP contribution in [0.2, 0.25) is 10.0 Å². The van der Waals surface area contributed by atoms with Gasteiger partial charge in [-0.15, -0.1) is 11.8 Å². The predicted octanol–water partition coefficient (Wildman–Crippen LogP) is 8.46. The van der Waals surface area contributed by atoms with Crippen molar-refractivity contribution < 1.29 is 51.8 Å². The molecule has 6 heterocycles. The summed E-state index contributed by atoms with van der Waals surface area (Å²) in [5, 5.41) is 7.16. The zero-order chi connectivity index (χ0) is 47.3. The van der Waals surface area contributed by atoms with Crippen molar-refractivity contribution in [2.75, 3.05) is 38.5 Å². The second-order valence-electron chi connectivity index (χ2n) is 17.4. The van der Waals surface area contributed by atoms with Crippen molar-refractivity contribution in [3.8, 4) is 17.2 Å². The molecule has 4 aliphatic heterocycles. The lowest BCUT2D eigenvalue weighted by molar-refractivity contribution is -0.377. The lowest BCUT2D eigenvalue weighted by Crippen LogP contribution is -2.52. The van der Waals surface area contributed by atoms with Crippen molar-refractivity contribution >= 4 is 52.9 Å². The van der Waals surface area contributed by atoms with Crippen LogP contribution in [-0.2, 0) is 34.3 Å². The minimum Gasteiger partial charge on any atom is -0.489 e. The van der Waals surface area contributed by atoms with Crippen LogP contribution in [0, 0.1) is 11.8 Å². The van der Waals surface area contributed by atoms with Crippen LogP contribution >= 0.6 is 35.0 Å². The molecule has 68 heavy (non-hydrogen) atoms. The fourth-order valence-electron chi connectivity index (χ4n) is 8.85. The molecule has 2 amide bonds. The normalized spacial score (nSPS) is 20.7. The van der Waals surface area contributed by atoms with Crippen LogP contribution in [0.5, 0.6) is 17.2 Å². The Bertz CT molecular complexity index is 2580. The molecule has 2 aromatic heterocycles. The van der Waals surface area contributed by atoms with Crippen LogP contribution in [-0.4, -0.2) is 94.2 Å². The maximum Gasteiger partial charge on any atom is 0.408 e. The Hall–Kier alpha value is -5.62. The highest BCUT2D eigenvalue weighted by molar-refractivity contribution is 8.00. The molecule has 2 N–H and O–H groups in total. The number of carbonyl (C=O) groups excluding carboxylic acids is 3. The first-order chi connectivity index (χ1) is 32.9. The number of pyridine rings is 1. The molecule has 19 heteroatoms. The Labute approximate surface area is 406 Å². The molecule has 0 radical (unpaired) electrons. The number of rotatable bonds is 18. The number of ether oxygens (including phenoxy) is 5. The largest absolute Gasteiger partial charge is 0.489 e. The summed E-state index contributed by atoms with van der Waals surface area (Å²) < 4.78 is 57.5. The zero-order valence-corrected chi connectivity index (χ0v) is 39.5. The number of nitrogens with zero attached hydrogens (tertiary/aromatic N) is 4. The van der Waals surface area contributed by atoms with E-state index in [0.29, 0.717) is 56.8 Å². The van der Waals surface area contributed by atoms with Crippen molar-refractivity contribution in [3.63, 3.8) is 0 Å². The van der Waals surface area contributed by atoms with Crippen LogP contribution in [0.15, 0.2) is 91.3 Å². The molecule has 358 valence electrons. The van der Waals surface area contributed by atoms with Crippen LogP contribution < -0.4 is 24.5 Å². The summed E-state index contributed by atoms with van der Waals surface area (Å²) in [5.74, 6) is 0.417. The van der Waals surface area contributed by atoms with Gasteiger partial charge in [-0.2, -0.15) is 13.9 Å². The smallest absolute Gasteiger partial charge is 0.408 e. The highest BCUT2D eigenvalue weighted by Gasteiger charge is 2.40. The van der Waals surface area contributed by atoms with Crippen LogP contribution in [0.1, 0.15) is 76.3 Å². The maximum absolute atomic E-state index is 14.2. The van der Waals surface area contributed by atoms with E-state index >= 15 is 0 Å².